The van der Waals surface area contributed by atoms with E-state index in [1.54, 1.807) is 12.1 Å². The first kappa shape index (κ1) is 34.1. The number of ether oxygens (including phenoxy) is 3. The van der Waals surface area contributed by atoms with Crippen LogP contribution in [0.25, 0.3) is 21.9 Å². The summed E-state index contributed by atoms with van der Waals surface area (Å²) in [4.78, 5) is 2.96. The molecule has 0 saturated carbocycles. The number of halogens is 2. The fourth-order valence-corrected chi connectivity index (χ4v) is 8.16. The highest BCUT2D eigenvalue weighted by atomic mass is 32.2. The molecule has 0 spiro atoms. The van der Waals surface area contributed by atoms with E-state index in [2.05, 4.69) is 78.9 Å². The lowest BCUT2D eigenvalue weighted by molar-refractivity contribution is -0.221. The maximum atomic E-state index is 14.2. The van der Waals surface area contributed by atoms with Crippen molar-refractivity contribution in [1.29, 1.82) is 0 Å². The average molecular weight is 692 g/mol. The summed E-state index contributed by atoms with van der Waals surface area (Å²) in [5, 5.41) is -2.14. The van der Waals surface area contributed by atoms with Gasteiger partial charge >= 0.3 is 15.4 Å². The third-order valence-electron chi connectivity index (χ3n) is 8.56. The molecule has 6 nitrogen and oxygen atoms in total. The minimum Gasteiger partial charge on any atom is -0.483 e. The molecule has 1 fully saturated rings. The number of rotatable bonds is 9. The molecule has 48 heavy (non-hydrogen) atoms. The monoisotopic (exact) mass is 691 g/mol. The molecule has 1 saturated heterocycles. The Morgan fingerprint density at radius 1 is 0.771 bits per heavy atom. The van der Waals surface area contributed by atoms with Crippen LogP contribution in [0.15, 0.2) is 130 Å². The number of hydrogen-bond donors (Lipinski definition) is 1. The fourth-order valence-electron chi connectivity index (χ4n) is 5.65. The van der Waals surface area contributed by atoms with Gasteiger partial charge in [-0.2, -0.15) is 17.2 Å². The van der Waals surface area contributed by atoms with Crippen molar-refractivity contribution < 1.29 is 36.0 Å². The molecule has 5 aromatic rings. The van der Waals surface area contributed by atoms with Gasteiger partial charge in [-0.05, 0) is 116 Å². The Balaban J connectivity index is 1.34. The Labute approximate surface area is 282 Å². The molecule has 250 valence electrons. The molecule has 0 aromatic heterocycles. The zero-order valence-electron chi connectivity index (χ0n) is 27.0. The van der Waals surface area contributed by atoms with Gasteiger partial charge in [-0.3, -0.25) is 4.55 Å². The number of alkyl halides is 2. The van der Waals surface area contributed by atoms with Gasteiger partial charge in [-0.15, -0.1) is 0 Å². The first-order valence-electron chi connectivity index (χ1n) is 15.5. The summed E-state index contributed by atoms with van der Waals surface area (Å²) in [7, 11) is -6.26. The minimum absolute atomic E-state index is 0.0464. The molecule has 1 aliphatic rings. The van der Waals surface area contributed by atoms with E-state index in [1.807, 2.05) is 32.9 Å². The second-order valence-electron chi connectivity index (χ2n) is 12.7. The van der Waals surface area contributed by atoms with Crippen LogP contribution in [0.5, 0.6) is 5.75 Å². The Morgan fingerprint density at radius 2 is 1.33 bits per heavy atom. The van der Waals surface area contributed by atoms with Gasteiger partial charge in [0.05, 0.1) is 29.7 Å². The predicted molar refractivity (Wildman–Crippen MR) is 184 cm³/mol. The molecule has 1 heterocycles. The quantitative estimate of drug-likeness (QED) is 0.123. The first-order valence-corrected chi connectivity index (χ1v) is 18.2. The molecule has 5 aromatic carbocycles. The van der Waals surface area contributed by atoms with Crippen LogP contribution in [-0.2, 0) is 36.1 Å². The van der Waals surface area contributed by atoms with Crippen LogP contribution in [0.2, 0.25) is 0 Å². The van der Waals surface area contributed by atoms with Gasteiger partial charge in [0.1, 0.15) is 11.4 Å². The van der Waals surface area contributed by atoms with Crippen molar-refractivity contribution in [2.24, 2.45) is 0 Å². The SMILES string of the molecule is CC(Oc1ccc([S+](c2ccc(-c3cccc4ccccc34)cc2)c2ccc(C3(C)COC(C)(C)CO3)cc2)cc1)C(F)(F)S(=O)(=O)O. The molecule has 0 radical (unpaired) electrons. The van der Waals surface area contributed by atoms with Gasteiger partial charge in [-0.25, -0.2) is 0 Å². The third-order valence-corrected chi connectivity index (χ3v) is 11.8. The van der Waals surface area contributed by atoms with Crippen molar-refractivity contribution in [3.05, 3.63) is 121 Å². The summed E-state index contributed by atoms with van der Waals surface area (Å²) in [5.41, 5.74) is 2.27. The molecule has 0 amide bonds. The van der Waals surface area contributed by atoms with Gasteiger partial charge in [0.2, 0.25) is 0 Å². The van der Waals surface area contributed by atoms with Gasteiger partial charge < -0.3 is 14.2 Å². The van der Waals surface area contributed by atoms with E-state index in [9.17, 15) is 17.2 Å². The summed E-state index contributed by atoms with van der Waals surface area (Å²) >= 11 is 0. The topological polar surface area (TPSA) is 82.1 Å². The van der Waals surface area contributed by atoms with Gasteiger partial charge in [0.15, 0.2) is 20.8 Å². The molecule has 0 bridgehead atoms. The summed E-state index contributed by atoms with van der Waals surface area (Å²) in [5.74, 6) is 0.0464. The van der Waals surface area contributed by atoms with Crippen LogP contribution in [0.4, 0.5) is 8.78 Å². The Morgan fingerprint density at radius 3 is 1.92 bits per heavy atom. The molecule has 3 unspecified atom stereocenters. The lowest BCUT2D eigenvalue weighted by Gasteiger charge is -2.41. The van der Waals surface area contributed by atoms with E-state index in [0.717, 1.165) is 49.1 Å². The van der Waals surface area contributed by atoms with E-state index in [1.165, 1.54) is 12.1 Å². The third kappa shape index (κ3) is 6.86. The van der Waals surface area contributed by atoms with Crippen molar-refractivity contribution >= 4 is 31.8 Å². The lowest BCUT2D eigenvalue weighted by atomic mass is 9.94. The van der Waals surface area contributed by atoms with Gasteiger partial charge in [-0.1, -0.05) is 54.6 Å². The minimum atomic E-state index is -5.65. The molecule has 1 aliphatic heterocycles. The van der Waals surface area contributed by atoms with E-state index < -0.39 is 38.0 Å². The average Bonchev–Trinajstić information content (AvgIpc) is 3.07. The second kappa shape index (κ2) is 12.9. The summed E-state index contributed by atoms with van der Waals surface area (Å²) in [6.45, 7) is 7.83. The number of fused-ring (bicyclic) bond motifs is 1. The largest absolute Gasteiger partial charge is 0.483 e. The van der Waals surface area contributed by atoms with Crippen LogP contribution >= 0.6 is 0 Å². The summed E-state index contributed by atoms with van der Waals surface area (Å²) in [6, 6.07) is 37.8. The van der Waals surface area contributed by atoms with Crippen LogP contribution in [0, 0.1) is 0 Å². The van der Waals surface area contributed by atoms with E-state index in [4.69, 9.17) is 18.8 Å². The molecule has 3 atom stereocenters. The standard InChI is InChI=1S/C38H36F2O6S2/c1-26(38(39,40)48(41,42)43)46-30-16-22-33(23-17-30)47(32-20-14-29(15-21-32)37(4)25-44-36(2,3)24-45-37)31-18-12-28(13-19-31)35-11-7-9-27-8-5-6-10-34(27)35/h5-23,26H,24-25H2,1-4H3/p+1. The van der Waals surface area contributed by atoms with E-state index >= 15 is 0 Å². The number of benzene rings is 5. The smallest absolute Gasteiger partial charge is 0.405 e. The zero-order chi connectivity index (χ0) is 34.3. The second-order valence-corrected chi connectivity index (χ2v) is 16.2. The highest BCUT2D eigenvalue weighted by Crippen LogP contribution is 2.38. The van der Waals surface area contributed by atoms with Gasteiger partial charge in [0.25, 0.3) is 0 Å². The van der Waals surface area contributed by atoms with Crippen LogP contribution in [-0.4, -0.2) is 43.1 Å². The van der Waals surface area contributed by atoms with Crippen LogP contribution < -0.4 is 4.74 Å². The van der Waals surface area contributed by atoms with Crippen molar-refractivity contribution in [3.63, 3.8) is 0 Å². The lowest BCUT2D eigenvalue weighted by Crippen LogP contribution is -2.47. The van der Waals surface area contributed by atoms with Crippen molar-refractivity contribution in [2.75, 3.05) is 13.2 Å². The molecule has 10 heteroatoms. The van der Waals surface area contributed by atoms with Crippen LogP contribution in [0.3, 0.4) is 0 Å². The van der Waals surface area contributed by atoms with E-state index in [-0.39, 0.29) is 11.4 Å². The zero-order valence-corrected chi connectivity index (χ0v) is 28.7. The molecular weight excluding hydrogens is 655 g/mol. The fraction of sp³-hybridized carbons (Fsp3) is 0.263. The van der Waals surface area contributed by atoms with Crippen LogP contribution in [0.1, 0.15) is 33.3 Å². The highest BCUT2D eigenvalue weighted by Gasteiger charge is 2.51. The summed E-state index contributed by atoms with van der Waals surface area (Å²) in [6.07, 6.45) is -2.11. The molecular formula is C38H37F2O6S2+. The normalized spacial score (nSPS) is 19.5. The number of hydrogen-bond acceptors (Lipinski definition) is 5. The van der Waals surface area contributed by atoms with Gasteiger partial charge in [0, 0.05) is 0 Å². The Hall–Kier alpha value is -3.80. The first-order chi connectivity index (χ1) is 22.7. The Bertz CT molecular complexity index is 2000. The van der Waals surface area contributed by atoms with Crippen molar-refractivity contribution in [3.8, 4) is 16.9 Å². The maximum Gasteiger partial charge on any atom is 0.405 e. The maximum absolute atomic E-state index is 14.2. The Kier molecular flexibility index (Phi) is 9.16. The molecule has 1 N–H and O–H groups in total. The highest BCUT2D eigenvalue weighted by molar-refractivity contribution is 7.97. The molecule has 0 aliphatic carbocycles. The predicted octanol–water partition coefficient (Wildman–Crippen LogP) is 8.89. The van der Waals surface area contributed by atoms with Crippen molar-refractivity contribution in [1.82, 2.24) is 0 Å². The molecule has 6 rings (SSSR count). The van der Waals surface area contributed by atoms with Crippen molar-refractivity contribution in [2.45, 2.75) is 64.9 Å². The van der Waals surface area contributed by atoms with E-state index in [0.29, 0.717) is 13.2 Å². The summed E-state index contributed by atoms with van der Waals surface area (Å²) < 4.78 is 77.3.